The van der Waals surface area contributed by atoms with E-state index in [4.69, 9.17) is 0 Å². The number of amides is 3. The molecule has 0 unspecified atom stereocenters. The van der Waals surface area contributed by atoms with Gasteiger partial charge in [-0.15, -0.1) is 0 Å². The number of benzene rings is 2. The number of carbonyl (C=O) groups excluding carboxylic acids is 2. The van der Waals surface area contributed by atoms with Crippen LogP contribution in [0, 0.1) is 5.92 Å². The number of hydrogen-bond acceptors (Lipinski definition) is 3. The van der Waals surface area contributed by atoms with Gasteiger partial charge in [0.1, 0.15) is 0 Å². The first-order valence-corrected chi connectivity index (χ1v) is 12.3. The van der Waals surface area contributed by atoms with Gasteiger partial charge in [0.2, 0.25) is 5.91 Å². The lowest BCUT2D eigenvalue weighted by Gasteiger charge is -2.34. The Morgan fingerprint density at radius 2 is 1.58 bits per heavy atom. The summed E-state index contributed by atoms with van der Waals surface area (Å²) in [6, 6.07) is 15.6. The van der Waals surface area contributed by atoms with Crippen LogP contribution in [0.15, 0.2) is 48.5 Å². The first-order valence-electron chi connectivity index (χ1n) is 12.3. The molecule has 2 fully saturated rings. The fourth-order valence-corrected chi connectivity index (χ4v) is 4.90. The minimum atomic E-state index is -0.0868. The van der Waals surface area contributed by atoms with Gasteiger partial charge in [0.25, 0.3) is 0 Å². The van der Waals surface area contributed by atoms with E-state index in [2.05, 4.69) is 15.5 Å². The van der Waals surface area contributed by atoms with E-state index in [1.165, 1.54) is 52.2 Å². The fourth-order valence-electron chi connectivity index (χ4n) is 4.90. The SMILES string of the molecule is CC(=O)Nc1cccc(-c2ccc(NC(=O)N3CCC(CCN4CCCCC4)CC3)cc2)c1. The third kappa shape index (κ3) is 6.81. The Balaban J connectivity index is 1.24. The Labute approximate surface area is 197 Å². The van der Waals surface area contributed by atoms with Crippen LogP contribution in [0.4, 0.5) is 16.2 Å². The second kappa shape index (κ2) is 11.3. The Morgan fingerprint density at radius 1 is 0.848 bits per heavy atom. The van der Waals surface area contributed by atoms with Gasteiger partial charge in [-0.1, -0.05) is 30.7 Å². The molecule has 0 aromatic heterocycles. The molecule has 0 spiro atoms. The van der Waals surface area contributed by atoms with Crippen LogP contribution >= 0.6 is 0 Å². The van der Waals surface area contributed by atoms with Crippen molar-refractivity contribution in [2.45, 2.75) is 45.4 Å². The van der Waals surface area contributed by atoms with Crippen molar-refractivity contribution in [2.24, 2.45) is 5.92 Å². The standard InChI is InChI=1S/C27H36N4O2/c1-21(32)28-26-7-5-6-24(20-26)23-8-10-25(11-9-23)29-27(33)31-18-13-22(14-19-31)12-17-30-15-3-2-4-16-30/h5-11,20,22H,2-4,12-19H2,1H3,(H,28,32)(H,29,33). The maximum Gasteiger partial charge on any atom is 0.321 e. The maximum atomic E-state index is 12.7. The van der Waals surface area contributed by atoms with Gasteiger partial charge in [-0.2, -0.15) is 0 Å². The highest BCUT2D eigenvalue weighted by molar-refractivity contribution is 5.90. The van der Waals surface area contributed by atoms with Crippen LogP contribution in [0.5, 0.6) is 0 Å². The first kappa shape index (κ1) is 23.3. The lowest BCUT2D eigenvalue weighted by Crippen LogP contribution is -2.41. The molecular formula is C27H36N4O2. The molecular weight excluding hydrogens is 412 g/mol. The summed E-state index contributed by atoms with van der Waals surface area (Å²) in [6.45, 7) is 6.93. The average molecular weight is 449 g/mol. The Kier molecular flexibility index (Phi) is 8.00. The largest absolute Gasteiger partial charge is 0.326 e. The molecule has 33 heavy (non-hydrogen) atoms. The van der Waals surface area contributed by atoms with Crippen molar-refractivity contribution in [3.05, 3.63) is 48.5 Å². The van der Waals surface area contributed by atoms with Crippen molar-refractivity contribution in [3.8, 4) is 11.1 Å². The summed E-state index contributed by atoms with van der Waals surface area (Å²) < 4.78 is 0. The van der Waals surface area contributed by atoms with E-state index in [9.17, 15) is 9.59 Å². The van der Waals surface area contributed by atoms with Gasteiger partial charge in [-0.3, -0.25) is 4.79 Å². The first-order chi connectivity index (χ1) is 16.1. The number of anilines is 2. The highest BCUT2D eigenvalue weighted by Crippen LogP contribution is 2.25. The molecule has 176 valence electrons. The molecule has 0 bridgehead atoms. The molecule has 2 saturated heterocycles. The van der Waals surface area contributed by atoms with Gasteiger partial charge >= 0.3 is 6.03 Å². The van der Waals surface area contributed by atoms with Crippen LogP contribution < -0.4 is 10.6 Å². The van der Waals surface area contributed by atoms with Gasteiger partial charge in [0, 0.05) is 31.4 Å². The quantitative estimate of drug-likeness (QED) is 0.619. The number of nitrogens with zero attached hydrogens (tertiary/aromatic N) is 2. The Hall–Kier alpha value is -2.86. The molecule has 0 saturated carbocycles. The van der Waals surface area contributed by atoms with Crippen LogP contribution in [0.1, 0.15) is 45.4 Å². The van der Waals surface area contributed by atoms with E-state index >= 15 is 0 Å². The van der Waals surface area contributed by atoms with E-state index in [1.54, 1.807) is 0 Å². The fraction of sp³-hybridized carbons (Fsp3) is 0.481. The van der Waals surface area contributed by atoms with E-state index in [0.29, 0.717) is 0 Å². The third-order valence-electron chi connectivity index (χ3n) is 6.86. The number of likely N-dealkylation sites (tertiary alicyclic amines) is 2. The zero-order valence-corrected chi connectivity index (χ0v) is 19.7. The van der Waals surface area contributed by atoms with Crippen LogP contribution in [-0.2, 0) is 4.79 Å². The number of rotatable bonds is 6. The summed E-state index contributed by atoms with van der Waals surface area (Å²) in [5.74, 6) is 0.653. The van der Waals surface area contributed by atoms with E-state index in [0.717, 1.165) is 54.4 Å². The molecule has 2 aliphatic heterocycles. The van der Waals surface area contributed by atoms with E-state index in [-0.39, 0.29) is 11.9 Å². The van der Waals surface area contributed by atoms with Gasteiger partial charge in [0.05, 0.1) is 0 Å². The maximum absolute atomic E-state index is 12.7. The normalized spacial score (nSPS) is 17.5. The molecule has 2 aliphatic rings. The smallest absolute Gasteiger partial charge is 0.321 e. The summed E-state index contributed by atoms with van der Waals surface area (Å²) in [5.41, 5.74) is 3.63. The molecule has 3 amide bonds. The van der Waals surface area contributed by atoms with Crippen LogP contribution in [0.3, 0.4) is 0 Å². The van der Waals surface area contributed by atoms with Crippen LogP contribution in [0.25, 0.3) is 11.1 Å². The number of nitrogens with one attached hydrogen (secondary N) is 2. The lowest BCUT2D eigenvalue weighted by atomic mass is 9.93. The average Bonchev–Trinajstić information content (AvgIpc) is 2.84. The summed E-state index contributed by atoms with van der Waals surface area (Å²) in [7, 11) is 0. The zero-order valence-electron chi connectivity index (χ0n) is 19.7. The number of carbonyl (C=O) groups is 2. The van der Waals surface area contributed by atoms with Gasteiger partial charge in [-0.25, -0.2) is 4.79 Å². The van der Waals surface area contributed by atoms with Gasteiger partial charge in [0.15, 0.2) is 0 Å². The lowest BCUT2D eigenvalue weighted by molar-refractivity contribution is -0.114. The van der Waals surface area contributed by atoms with Crippen LogP contribution in [-0.4, -0.2) is 54.5 Å². The summed E-state index contributed by atoms with van der Waals surface area (Å²) >= 11 is 0. The highest BCUT2D eigenvalue weighted by atomic mass is 16.2. The summed E-state index contributed by atoms with van der Waals surface area (Å²) in [5, 5.41) is 5.86. The molecule has 0 aliphatic carbocycles. The minimum absolute atomic E-state index is 0.00936. The molecule has 4 rings (SSSR count). The van der Waals surface area contributed by atoms with Gasteiger partial charge in [-0.05, 0) is 93.0 Å². The van der Waals surface area contributed by atoms with Crippen molar-refractivity contribution in [1.82, 2.24) is 9.80 Å². The number of piperidine rings is 2. The van der Waals surface area contributed by atoms with Crippen molar-refractivity contribution in [1.29, 1.82) is 0 Å². The monoisotopic (exact) mass is 448 g/mol. The molecule has 0 atom stereocenters. The number of hydrogen-bond donors (Lipinski definition) is 2. The summed E-state index contributed by atoms with van der Waals surface area (Å²) in [4.78, 5) is 28.6. The van der Waals surface area contributed by atoms with Crippen molar-refractivity contribution >= 4 is 23.3 Å². The molecule has 6 nitrogen and oxygen atoms in total. The second-order valence-corrected chi connectivity index (χ2v) is 9.39. The minimum Gasteiger partial charge on any atom is -0.326 e. The van der Waals surface area contributed by atoms with Crippen LogP contribution in [0.2, 0.25) is 0 Å². The highest BCUT2D eigenvalue weighted by Gasteiger charge is 2.23. The molecule has 2 aromatic rings. The molecule has 6 heteroatoms. The van der Waals surface area contributed by atoms with Crippen molar-refractivity contribution in [2.75, 3.05) is 43.4 Å². The molecule has 0 radical (unpaired) electrons. The van der Waals surface area contributed by atoms with Crippen molar-refractivity contribution in [3.63, 3.8) is 0 Å². The van der Waals surface area contributed by atoms with Gasteiger partial charge < -0.3 is 20.4 Å². The molecule has 2 aromatic carbocycles. The zero-order chi connectivity index (χ0) is 23.0. The predicted octanol–water partition coefficient (Wildman–Crippen LogP) is 5.43. The Morgan fingerprint density at radius 3 is 2.27 bits per heavy atom. The van der Waals surface area contributed by atoms with Crippen molar-refractivity contribution < 1.29 is 9.59 Å². The predicted molar refractivity (Wildman–Crippen MR) is 134 cm³/mol. The summed E-state index contributed by atoms with van der Waals surface area (Å²) in [6.07, 6.45) is 7.56. The third-order valence-corrected chi connectivity index (χ3v) is 6.86. The topological polar surface area (TPSA) is 64.7 Å². The number of urea groups is 1. The van der Waals surface area contributed by atoms with E-state index < -0.39 is 0 Å². The second-order valence-electron chi connectivity index (χ2n) is 9.39. The molecule has 2 N–H and O–H groups in total. The Bertz CT molecular complexity index is 929. The molecule has 2 heterocycles. The van der Waals surface area contributed by atoms with E-state index in [1.807, 2.05) is 53.4 Å².